The van der Waals surface area contributed by atoms with Crippen molar-refractivity contribution in [2.75, 3.05) is 6.61 Å². The van der Waals surface area contributed by atoms with Crippen LogP contribution in [0.1, 0.15) is 18.7 Å². The van der Waals surface area contributed by atoms with Gasteiger partial charge >= 0.3 is 0 Å². The molecule has 1 aliphatic heterocycles. The molecule has 138 valence electrons. The highest BCUT2D eigenvalue weighted by molar-refractivity contribution is 8.00. The third-order valence-corrected chi connectivity index (χ3v) is 6.47. The van der Waals surface area contributed by atoms with Crippen LogP contribution in [-0.2, 0) is 11.3 Å². The molecular weight excluding hydrogens is 380 g/mol. The highest BCUT2D eigenvalue weighted by Crippen LogP contribution is 2.34. The number of nitrogens with zero attached hydrogens (tertiary/aromatic N) is 5. The number of H-pyrrole nitrogens is 1. The zero-order chi connectivity index (χ0) is 18.2. The van der Waals surface area contributed by atoms with Gasteiger partial charge in [0.25, 0.3) is 0 Å². The Morgan fingerprint density at radius 3 is 3.07 bits per heavy atom. The summed E-state index contributed by atoms with van der Waals surface area (Å²) in [4.78, 5) is 7.78. The van der Waals surface area contributed by atoms with Crippen molar-refractivity contribution in [3.63, 3.8) is 0 Å². The van der Waals surface area contributed by atoms with Gasteiger partial charge in [-0.3, -0.25) is 4.57 Å². The van der Waals surface area contributed by atoms with Crippen molar-refractivity contribution in [1.29, 1.82) is 0 Å². The lowest BCUT2D eigenvalue weighted by atomic mass is 10.1. The molecule has 1 aromatic carbocycles. The van der Waals surface area contributed by atoms with Crippen LogP contribution in [-0.4, -0.2) is 41.8 Å². The molecule has 0 spiro atoms. The molecule has 0 radical (unpaired) electrons. The topological polar surface area (TPSA) is 81.5 Å². The number of aryl methyl sites for hydroxylation is 1. The molecule has 1 unspecified atom stereocenters. The Hall–Kier alpha value is -2.23. The summed E-state index contributed by atoms with van der Waals surface area (Å²) in [6, 6.07) is 8.24. The molecule has 9 heteroatoms. The second-order valence-electron chi connectivity index (χ2n) is 6.51. The molecule has 0 amide bonds. The minimum atomic E-state index is 0.195. The fraction of sp³-hybridized carbons (Fsp3) is 0.333. The molecule has 1 aliphatic rings. The lowest BCUT2D eigenvalue weighted by molar-refractivity contribution is 0.0953. The highest BCUT2D eigenvalue weighted by atomic mass is 32.2. The molecule has 1 fully saturated rings. The van der Waals surface area contributed by atoms with Crippen LogP contribution in [0.5, 0.6) is 0 Å². The number of benzene rings is 1. The summed E-state index contributed by atoms with van der Waals surface area (Å²) in [5.41, 5.74) is 2.14. The first-order chi connectivity index (χ1) is 13.3. The Morgan fingerprint density at radius 1 is 1.33 bits per heavy atom. The van der Waals surface area contributed by atoms with Crippen LogP contribution in [0.15, 0.2) is 40.0 Å². The predicted molar refractivity (Wildman–Crippen MR) is 105 cm³/mol. The second kappa shape index (κ2) is 7.06. The molecule has 3 aromatic heterocycles. The van der Waals surface area contributed by atoms with Crippen molar-refractivity contribution in [2.45, 2.75) is 41.9 Å². The number of hydrogen-bond donors (Lipinski definition) is 1. The maximum absolute atomic E-state index is 5.88. The quantitative estimate of drug-likeness (QED) is 0.549. The first kappa shape index (κ1) is 16.9. The van der Waals surface area contributed by atoms with Crippen LogP contribution in [0.4, 0.5) is 0 Å². The number of para-hydroxylation sites is 1. The van der Waals surface area contributed by atoms with Gasteiger partial charge in [-0.25, -0.2) is 4.98 Å². The van der Waals surface area contributed by atoms with Gasteiger partial charge in [-0.15, -0.1) is 10.2 Å². The van der Waals surface area contributed by atoms with E-state index in [4.69, 9.17) is 4.74 Å². The molecule has 27 heavy (non-hydrogen) atoms. The van der Waals surface area contributed by atoms with E-state index in [1.54, 1.807) is 0 Å². The summed E-state index contributed by atoms with van der Waals surface area (Å²) < 4.78 is 13.2. The van der Waals surface area contributed by atoms with Crippen LogP contribution in [0, 0.1) is 6.92 Å². The average molecular weight is 399 g/mol. The van der Waals surface area contributed by atoms with Gasteiger partial charge in [-0.1, -0.05) is 18.2 Å². The molecule has 4 heterocycles. The van der Waals surface area contributed by atoms with Gasteiger partial charge in [0.2, 0.25) is 0 Å². The summed E-state index contributed by atoms with van der Waals surface area (Å²) in [6.45, 7) is 3.46. The zero-order valence-corrected chi connectivity index (χ0v) is 16.4. The van der Waals surface area contributed by atoms with E-state index in [9.17, 15) is 0 Å². The standard InChI is InChI=1S/C18H18N6OS2/c1-11-20-18(27-23-11)26-17-22-21-16(24(17)10-12-5-4-8-25-12)14-9-19-15-7-3-2-6-13(14)15/h2-3,6-7,9,12,19H,4-5,8,10H2,1H3. The largest absolute Gasteiger partial charge is 0.376 e. The van der Waals surface area contributed by atoms with E-state index in [1.165, 1.54) is 23.3 Å². The highest BCUT2D eigenvalue weighted by Gasteiger charge is 2.24. The summed E-state index contributed by atoms with van der Waals surface area (Å²) in [6.07, 6.45) is 4.37. The van der Waals surface area contributed by atoms with Gasteiger partial charge in [0, 0.05) is 29.3 Å². The van der Waals surface area contributed by atoms with Crippen LogP contribution >= 0.6 is 23.3 Å². The maximum Gasteiger partial charge on any atom is 0.198 e. The van der Waals surface area contributed by atoms with Crippen LogP contribution in [0.25, 0.3) is 22.3 Å². The fourth-order valence-corrected chi connectivity index (χ4v) is 4.97. The fourth-order valence-electron chi connectivity index (χ4n) is 3.37. The molecule has 1 saturated heterocycles. The number of ether oxygens (including phenoxy) is 1. The number of hydrogen-bond acceptors (Lipinski definition) is 7. The Morgan fingerprint density at radius 2 is 2.26 bits per heavy atom. The van der Waals surface area contributed by atoms with Crippen molar-refractivity contribution in [2.24, 2.45) is 0 Å². The summed E-state index contributed by atoms with van der Waals surface area (Å²) >= 11 is 2.90. The number of fused-ring (bicyclic) bond motifs is 1. The summed E-state index contributed by atoms with van der Waals surface area (Å²) in [5.74, 6) is 1.64. The number of aromatic amines is 1. The first-order valence-corrected chi connectivity index (χ1v) is 10.5. The SMILES string of the molecule is Cc1nsc(Sc2nnc(-c3c[nH]c4ccccc34)n2CC2CCCO2)n1. The first-order valence-electron chi connectivity index (χ1n) is 8.87. The molecule has 1 atom stereocenters. The molecule has 0 saturated carbocycles. The van der Waals surface area contributed by atoms with E-state index < -0.39 is 0 Å². The van der Waals surface area contributed by atoms with Crippen LogP contribution in [0.2, 0.25) is 0 Å². The van der Waals surface area contributed by atoms with Crippen molar-refractivity contribution < 1.29 is 4.74 Å². The monoisotopic (exact) mass is 398 g/mol. The van der Waals surface area contributed by atoms with Crippen molar-refractivity contribution in [1.82, 2.24) is 29.1 Å². The lowest BCUT2D eigenvalue weighted by Crippen LogP contribution is -2.16. The Kier molecular flexibility index (Phi) is 4.42. The van der Waals surface area contributed by atoms with Crippen molar-refractivity contribution in [3.8, 4) is 11.4 Å². The molecule has 0 bridgehead atoms. The van der Waals surface area contributed by atoms with Crippen molar-refractivity contribution >= 4 is 34.2 Å². The van der Waals surface area contributed by atoms with E-state index in [0.717, 1.165) is 63.6 Å². The average Bonchev–Trinajstić information content (AvgIpc) is 3.45. The predicted octanol–water partition coefficient (Wildman–Crippen LogP) is 3.92. The smallest absolute Gasteiger partial charge is 0.198 e. The molecule has 1 N–H and O–H groups in total. The third kappa shape index (κ3) is 3.26. The number of aromatic nitrogens is 6. The number of nitrogens with one attached hydrogen (secondary N) is 1. The second-order valence-corrected chi connectivity index (χ2v) is 8.48. The van der Waals surface area contributed by atoms with E-state index >= 15 is 0 Å². The summed E-state index contributed by atoms with van der Waals surface area (Å²) in [5, 5.41) is 11.0. The molecule has 7 nitrogen and oxygen atoms in total. The Balaban J connectivity index is 1.57. The van der Waals surface area contributed by atoms with Gasteiger partial charge in [0.05, 0.1) is 12.6 Å². The van der Waals surface area contributed by atoms with E-state index in [1.807, 2.05) is 25.3 Å². The van der Waals surface area contributed by atoms with Gasteiger partial charge in [-0.2, -0.15) is 4.37 Å². The lowest BCUT2D eigenvalue weighted by Gasteiger charge is -2.14. The normalized spacial score (nSPS) is 17.1. The van der Waals surface area contributed by atoms with Gasteiger partial charge < -0.3 is 9.72 Å². The molecule has 4 aromatic rings. The van der Waals surface area contributed by atoms with Crippen LogP contribution < -0.4 is 0 Å². The zero-order valence-electron chi connectivity index (χ0n) is 14.8. The van der Waals surface area contributed by atoms with E-state index in [0.29, 0.717) is 0 Å². The summed E-state index contributed by atoms with van der Waals surface area (Å²) in [7, 11) is 0. The molecule has 0 aliphatic carbocycles. The number of rotatable bonds is 5. The minimum absolute atomic E-state index is 0.195. The minimum Gasteiger partial charge on any atom is -0.376 e. The third-order valence-electron chi connectivity index (χ3n) is 4.64. The van der Waals surface area contributed by atoms with Gasteiger partial charge in [0.1, 0.15) is 5.82 Å². The van der Waals surface area contributed by atoms with Crippen LogP contribution in [0.3, 0.4) is 0 Å². The Labute approximate surface area is 164 Å². The maximum atomic E-state index is 5.88. The van der Waals surface area contributed by atoms with Gasteiger partial charge in [-0.05, 0) is 49.1 Å². The van der Waals surface area contributed by atoms with Gasteiger partial charge in [0.15, 0.2) is 15.3 Å². The van der Waals surface area contributed by atoms with Crippen molar-refractivity contribution in [3.05, 3.63) is 36.3 Å². The molecule has 5 rings (SSSR count). The Bertz CT molecular complexity index is 1080. The molecular formula is C18H18N6OS2. The van der Waals surface area contributed by atoms with E-state index in [2.05, 4.69) is 41.2 Å². The van der Waals surface area contributed by atoms with E-state index in [-0.39, 0.29) is 6.10 Å².